The molecule has 3 heteroatoms. The molecule has 20 heavy (non-hydrogen) atoms. The Morgan fingerprint density at radius 2 is 2.15 bits per heavy atom. The Kier molecular flexibility index (Phi) is 5.05. The van der Waals surface area contributed by atoms with E-state index in [2.05, 4.69) is 43.5 Å². The fraction of sp³-hybridized carbons (Fsp3) is 0.588. The maximum atomic E-state index is 12.4. The lowest BCUT2D eigenvalue weighted by atomic mass is 9.87. The van der Waals surface area contributed by atoms with E-state index in [4.69, 9.17) is 0 Å². The molecule has 0 saturated carbocycles. The summed E-state index contributed by atoms with van der Waals surface area (Å²) in [5.74, 6) is 0.864. The third-order valence-corrected chi connectivity index (χ3v) is 3.90. The highest BCUT2D eigenvalue weighted by molar-refractivity contribution is 5.86. The van der Waals surface area contributed by atoms with E-state index in [1.165, 1.54) is 6.42 Å². The number of anilines is 1. The molecule has 2 rings (SSSR count). The van der Waals surface area contributed by atoms with Gasteiger partial charge < -0.3 is 10.6 Å². The zero-order valence-electron chi connectivity index (χ0n) is 12.8. The Hall–Kier alpha value is -1.51. The van der Waals surface area contributed by atoms with Gasteiger partial charge in [0, 0.05) is 18.3 Å². The lowest BCUT2D eigenvalue weighted by molar-refractivity contribution is -0.122. The van der Waals surface area contributed by atoms with Crippen molar-refractivity contribution in [2.24, 2.45) is 5.92 Å². The van der Waals surface area contributed by atoms with E-state index in [-0.39, 0.29) is 11.8 Å². The molecule has 3 nitrogen and oxygen atoms in total. The van der Waals surface area contributed by atoms with Crippen LogP contribution in [0.1, 0.15) is 51.5 Å². The number of fused-ring (bicyclic) bond motifs is 1. The van der Waals surface area contributed by atoms with Crippen LogP contribution in [-0.4, -0.2) is 18.5 Å². The van der Waals surface area contributed by atoms with Crippen molar-refractivity contribution in [2.75, 3.05) is 11.9 Å². The first kappa shape index (κ1) is 14.9. The number of carbonyl (C=O) groups excluding carboxylic acids is 1. The Balaban J connectivity index is 1.96. The Labute approximate surface area is 122 Å². The molecular weight excluding hydrogens is 248 g/mol. The number of nitrogens with one attached hydrogen (secondary N) is 2. The van der Waals surface area contributed by atoms with Gasteiger partial charge in [-0.3, -0.25) is 4.79 Å². The Bertz CT molecular complexity index is 456. The number of amides is 1. The summed E-state index contributed by atoms with van der Waals surface area (Å²) in [6.45, 7) is 7.35. The molecule has 1 heterocycles. The average molecular weight is 274 g/mol. The van der Waals surface area contributed by atoms with Crippen molar-refractivity contribution in [3.8, 4) is 0 Å². The summed E-state index contributed by atoms with van der Waals surface area (Å²) in [5.41, 5.74) is 2.24. The minimum atomic E-state index is -0.0125. The first-order valence-corrected chi connectivity index (χ1v) is 7.71. The molecule has 1 aromatic rings. The molecular formula is C17H26N2O. The van der Waals surface area contributed by atoms with Crippen molar-refractivity contribution in [2.45, 2.75) is 52.0 Å². The number of para-hydroxylation sites is 1. The van der Waals surface area contributed by atoms with Gasteiger partial charge in [-0.25, -0.2) is 0 Å². The first-order valence-electron chi connectivity index (χ1n) is 7.71. The van der Waals surface area contributed by atoms with E-state index in [0.717, 1.165) is 30.6 Å². The van der Waals surface area contributed by atoms with Crippen LogP contribution in [-0.2, 0) is 4.79 Å². The normalized spacial score (nSPS) is 21.2. The number of rotatable bonds is 5. The predicted octanol–water partition coefficient (Wildman–Crippen LogP) is 3.53. The third kappa shape index (κ3) is 3.75. The summed E-state index contributed by atoms with van der Waals surface area (Å²) in [6.07, 6.45) is 3.10. The predicted molar refractivity (Wildman–Crippen MR) is 84.0 cm³/mol. The highest BCUT2D eigenvalue weighted by Crippen LogP contribution is 2.34. The molecule has 1 aromatic carbocycles. The molecule has 1 aliphatic heterocycles. The summed E-state index contributed by atoms with van der Waals surface area (Å²) in [5, 5.41) is 6.55. The van der Waals surface area contributed by atoms with E-state index in [9.17, 15) is 4.79 Å². The summed E-state index contributed by atoms with van der Waals surface area (Å²) >= 11 is 0. The zero-order valence-corrected chi connectivity index (χ0v) is 12.8. The Morgan fingerprint density at radius 3 is 2.90 bits per heavy atom. The van der Waals surface area contributed by atoms with Gasteiger partial charge in [0.1, 0.15) is 0 Å². The van der Waals surface area contributed by atoms with Gasteiger partial charge in [0.2, 0.25) is 5.91 Å². The highest BCUT2D eigenvalue weighted by Gasteiger charge is 2.29. The molecule has 0 spiro atoms. The maximum absolute atomic E-state index is 12.4. The van der Waals surface area contributed by atoms with E-state index >= 15 is 0 Å². The molecule has 2 atom stereocenters. The van der Waals surface area contributed by atoms with Crippen LogP contribution in [0.3, 0.4) is 0 Å². The monoisotopic (exact) mass is 274 g/mol. The maximum Gasteiger partial charge on any atom is 0.227 e. The number of hydrogen-bond donors (Lipinski definition) is 2. The van der Waals surface area contributed by atoms with Crippen LogP contribution in [0.4, 0.5) is 5.69 Å². The second-order valence-electron chi connectivity index (χ2n) is 6.25. The summed E-state index contributed by atoms with van der Waals surface area (Å²) in [4.78, 5) is 12.4. The smallest absolute Gasteiger partial charge is 0.227 e. The van der Waals surface area contributed by atoms with Crippen molar-refractivity contribution in [1.82, 2.24) is 5.32 Å². The van der Waals surface area contributed by atoms with Gasteiger partial charge in [0.05, 0.1) is 5.92 Å². The van der Waals surface area contributed by atoms with Crippen LogP contribution >= 0.6 is 0 Å². The molecule has 0 aliphatic carbocycles. The van der Waals surface area contributed by atoms with Crippen LogP contribution in [0.2, 0.25) is 0 Å². The summed E-state index contributed by atoms with van der Waals surface area (Å²) in [6, 6.07) is 8.49. The summed E-state index contributed by atoms with van der Waals surface area (Å²) < 4.78 is 0. The largest absolute Gasteiger partial charge is 0.382 e. The molecule has 1 amide bonds. The minimum Gasteiger partial charge on any atom is -0.382 e. The second-order valence-corrected chi connectivity index (χ2v) is 6.25. The van der Waals surface area contributed by atoms with Crippen molar-refractivity contribution in [1.29, 1.82) is 0 Å². The zero-order chi connectivity index (χ0) is 14.5. The first-order chi connectivity index (χ1) is 9.58. The van der Waals surface area contributed by atoms with Crippen LogP contribution in [0, 0.1) is 5.92 Å². The van der Waals surface area contributed by atoms with E-state index in [0.29, 0.717) is 12.0 Å². The fourth-order valence-corrected chi connectivity index (χ4v) is 2.83. The lowest BCUT2D eigenvalue weighted by Gasteiger charge is -2.30. The fourth-order valence-electron chi connectivity index (χ4n) is 2.83. The number of carbonyl (C=O) groups is 1. The van der Waals surface area contributed by atoms with Crippen LogP contribution in [0.5, 0.6) is 0 Å². The van der Waals surface area contributed by atoms with Gasteiger partial charge in [-0.05, 0) is 43.7 Å². The van der Waals surface area contributed by atoms with Crippen LogP contribution in [0.25, 0.3) is 0 Å². The summed E-state index contributed by atoms with van der Waals surface area (Å²) in [7, 11) is 0. The highest BCUT2D eigenvalue weighted by atomic mass is 16.1. The molecule has 0 fully saturated rings. The SMILES string of the molecule is CC(C)CCCNC(=O)[C@@H]1C[C@@H](C)Nc2ccccc21. The molecule has 110 valence electrons. The Morgan fingerprint density at radius 1 is 1.40 bits per heavy atom. The van der Waals surface area contributed by atoms with Gasteiger partial charge in [-0.2, -0.15) is 0 Å². The number of hydrogen-bond acceptors (Lipinski definition) is 2. The molecule has 0 aromatic heterocycles. The van der Waals surface area contributed by atoms with E-state index in [1.54, 1.807) is 0 Å². The topological polar surface area (TPSA) is 41.1 Å². The molecule has 1 aliphatic rings. The van der Waals surface area contributed by atoms with Crippen LogP contribution < -0.4 is 10.6 Å². The average Bonchev–Trinajstić information content (AvgIpc) is 2.42. The molecule has 0 unspecified atom stereocenters. The quantitative estimate of drug-likeness (QED) is 0.807. The molecule has 0 bridgehead atoms. The van der Waals surface area contributed by atoms with E-state index in [1.807, 2.05) is 12.1 Å². The van der Waals surface area contributed by atoms with E-state index < -0.39 is 0 Å². The van der Waals surface area contributed by atoms with Crippen molar-refractivity contribution in [3.63, 3.8) is 0 Å². The second kappa shape index (κ2) is 6.78. The number of benzene rings is 1. The van der Waals surface area contributed by atoms with Crippen LogP contribution in [0.15, 0.2) is 24.3 Å². The van der Waals surface area contributed by atoms with Gasteiger partial charge in [-0.15, -0.1) is 0 Å². The lowest BCUT2D eigenvalue weighted by Crippen LogP contribution is -2.36. The van der Waals surface area contributed by atoms with Crippen molar-refractivity contribution >= 4 is 11.6 Å². The third-order valence-electron chi connectivity index (χ3n) is 3.90. The standard InChI is InChI=1S/C17H26N2O/c1-12(2)7-6-10-18-17(20)15-11-13(3)19-16-9-5-4-8-14(15)16/h4-5,8-9,12-13,15,19H,6-7,10-11H2,1-3H3,(H,18,20)/t13-,15-/m1/s1. The van der Waals surface area contributed by atoms with Gasteiger partial charge in [0.25, 0.3) is 0 Å². The van der Waals surface area contributed by atoms with Crippen molar-refractivity contribution < 1.29 is 4.79 Å². The van der Waals surface area contributed by atoms with Gasteiger partial charge in [0.15, 0.2) is 0 Å². The molecule has 2 N–H and O–H groups in total. The minimum absolute atomic E-state index is 0.0125. The van der Waals surface area contributed by atoms with Crippen molar-refractivity contribution in [3.05, 3.63) is 29.8 Å². The molecule has 0 radical (unpaired) electrons. The molecule has 0 saturated heterocycles. The van der Waals surface area contributed by atoms with Gasteiger partial charge in [-0.1, -0.05) is 32.0 Å². The van der Waals surface area contributed by atoms with Gasteiger partial charge >= 0.3 is 0 Å².